The fraction of sp³-hybridized carbons (Fsp3) is 0.185. The number of amidine groups is 1. The molecule has 0 aliphatic carbocycles. The first-order chi connectivity index (χ1) is 17.5. The first-order valence-electron chi connectivity index (χ1n) is 11.4. The van der Waals surface area contributed by atoms with Crippen LogP contribution in [0.15, 0.2) is 89.0 Å². The molecule has 7 nitrogen and oxygen atoms in total. The minimum atomic E-state index is -0.655. The average molecular weight is 503 g/mol. The predicted molar refractivity (Wildman–Crippen MR) is 139 cm³/mol. The van der Waals surface area contributed by atoms with Crippen LogP contribution in [-0.4, -0.2) is 40.1 Å². The van der Waals surface area contributed by atoms with E-state index in [-0.39, 0.29) is 30.1 Å². The lowest BCUT2D eigenvalue weighted by molar-refractivity contribution is -0.121. The lowest BCUT2D eigenvalue weighted by Crippen LogP contribution is -2.25. The van der Waals surface area contributed by atoms with Gasteiger partial charge in [0.25, 0.3) is 5.91 Å². The number of nitrogens with one attached hydrogen (secondary N) is 1. The Hall–Kier alpha value is -3.98. The minimum absolute atomic E-state index is 0.0488. The number of ether oxygens (including phenoxy) is 1. The van der Waals surface area contributed by atoms with Crippen molar-refractivity contribution < 1.29 is 18.7 Å². The minimum Gasteiger partial charge on any atom is -0.497 e. The number of rotatable bonds is 6. The van der Waals surface area contributed by atoms with E-state index in [4.69, 9.17) is 9.84 Å². The molecule has 2 amide bonds. The molecule has 0 unspecified atom stereocenters. The number of aliphatic imine (C=N–C) groups is 1. The molecule has 3 aromatic rings. The molecule has 0 fully saturated rings. The highest BCUT2D eigenvalue weighted by Crippen LogP contribution is 2.38. The van der Waals surface area contributed by atoms with Gasteiger partial charge in [0.1, 0.15) is 16.8 Å². The van der Waals surface area contributed by atoms with Gasteiger partial charge in [0, 0.05) is 18.5 Å². The normalized spacial score (nSPS) is 19.2. The Bertz CT molecular complexity index is 1330. The maximum Gasteiger partial charge on any atom is 0.262 e. The molecule has 0 bridgehead atoms. The van der Waals surface area contributed by atoms with Gasteiger partial charge >= 0.3 is 0 Å². The molecule has 0 saturated carbocycles. The van der Waals surface area contributed by atoms with Crippen LogP contribution in [0.5, 0.6) is 5.75 Å². The molecule has 1 N–H and O–H groups in total. The van der Waals surface area contributed by atoms with Crippen molar-refractivity contribution in [3.05, 3.63) is 95.8 Å². The van der Waals surface area contributed by atoms with E-state index >= 15 is 0 Å². The number of nitrogens with zero attached hydrogens (tertiary/aromatic N) is 3. The second-order valence-corrected chi connectivity index (χ2v) is 9.52. The highest BCUT2D eigenvalue weighted by atomic mass is 32.2. The second-order valence-electron chi connectivity index (χ2n) is 8.35. The van der Waals surface area contributed by atoms with Gasteiger partial charge in [-0.05, 0) is 59.7 Å². The molecule has 182 valence electrons. The molecule has 2 aliphatic heterocycles. The number of hydrogen-bond acceptors (Lipinski definition) is 6. The van der Waals surface area contributed by atoms with Gasteiger partial charge in [0.15, 0.2) is 5.17 Å². The lowest BCUT2D eigenvalue weighted by atomic mass is 9.98. The Labute approximate surface area is 212 Å². The Morgan fingerprint density at radius 2 is 1.81 bits per heavy atom. The average Bonchev–Trinajstić information content (AvgIpc) is 3.50. The Morgan fingerprint density at radius 1 is 1.08 bits per heavy atom. The smallest absolute Gasteiger partial charge is 0.262 e. The molecule has 0 radical (unpaired) electrons. The van der Waals surface area contributed by atoms with Crippen molar-refractivity contribution in [1.29, 1.82) is 0 Å². The van der Waals surface area contributed by atoms with Gasteiger partial charge in [0.2, 0.25) is 5.91 Å². The van der Waals surface area contributed by atoms with Crippen LogP contribution < -0.4 is 10.1 Å². The zero-order valence-corrected chi connectivity index (χ0v) is 20.2. The zero-order valence-electron chi connectivity index (χ0n) is 19.4. The van der Waals surface area contributed by atoms with Crippen molar-refractivity contribution in [2.75, 3.05) is 12.4 Å². The molecular weight excluding hydrogens is 479 g/mol. The summed E-state index contributed by atoms with van der Waals surface area (Å²) < 4.78 is 18.4. The third-order valence-electron chi connectivity index (χ3n) is 5.94. The SMILES string of the molecule is COc1ccc(C2=NN(C3=NC(=O)[C@@H](CC(=O)Nc4ccc(F)cc4)S3)[C@H](c3ccccc3)C2)cc1. The summed E-state index contributed by atoms with van der Waals surface area (Å²) in [7, 11) is 1.62. The quantitative estimate of drug-likeness (QED) is 0.512. The Kier molecular flexibility index (Phi) is 6.81. The molecule has 2 aliphatic rings. The van der Waals surface area contributed by atoms with Crippen LogP contribution in [0, 0.1) is 5.82 Å². The number of thioether (sulfide) groups is 1. The van der Waals surface area contributed by atoms with Gasteiger partial charge in [-0.25, -0.2) is 9.40 Å². The maximum atomic E-state index is 13.1. The summed E-state index contributed by atoms with van der Waals surface area (Å²) in [5.41, 5.74) is 3.36. The van der Waals surface area contributed by atoms with Crippen LogP contribution in [0.25, 0.3) is 0 Å². The first-order valence-corrected chi connectivity index (χ1v) is 12.3. The molecule has 0 aromatic heterocycles. The number of amides is 2. The number of carbonyl (C=O) groups excluding carboxylic acids is 2. The van der Waals surface area contributed by atoms with Gasteiger partial charge in [-0.3, -0.25) is 9.59 Å². The standard InChI is InChI=1S/C27H23FN4O3S/c1-35-21-13-7-17(8-14-21)22-15-23(18-5-3-2-4-6-18)32(31-22)27-30-26(34)24(36-27)16-25(33)29-20-11-9-19(28)10-12-20/h2-14,23-24H,15-16H2,1H3,(H,29,33)/t23-,24+/m0/s1. The van der Waals surface area contributed by atoms with E-state index in [1.165, 1.54) is 36.0 Å². The van der Waals surface area contributed by atoms with E-state index in [9.17, 15) is 14.0 Å². The lowest BCUT2D eigenvalue weighted by Gasteiger charge is -2.23. The summed E-state index contributed by atoms with van der Waals surface area (Å²) in [6.45, 7) is 0. The summed E-state index contributed by atoms with van der Waals surface area (Å²) in [6.07, 6.45) is 0.590. The molecule has 5 rings (SSSR count). The number of benzene rings is 3. The van der Waals surface area contributed by atoms with Crippen LogP contribution in [0.1, 0.15) is 30.0 Å². The highest BCUT2D eigenvalue weighted by Gasteiger charge is 2.39. The zero-order chi connectivity index (χ0) is 25.1. The van der Waals surface area contributed by atoms with Crippen molar-refractivity contribution in [2.45, 2.75) is 24.1 Å². The van der Waals surface area contributed by atoms with Gasteiger partial charge in [-0.2, -0.15) is 10.1 Å². The topological polar surface area (TPSA) is 83.4 Å². The monoisotopic (exact) mass is 502 g/mol. The Morgan fingerprint density at radius 3 is 2.50 bits per heavy atom. The third kappa shape index (κ3) is 5.16. The molecule has 2 atom stereocenters. The predicted octanol–water partition coefficient (Wildman–Crippen LogP) is 5.01. The number of carbonyl (C=O) groups is 2. The number of anilines is 1. The van der Waals surface area contributed by atoms with Crippen LogP contribution in [0.3, 0.4) is 0 Å². The summed E-state index contributed by atoms with van der Waals surface area (Å²) >= 11 is 1.24. The maximum absolute atomic E-state index is 13.1. The number of halogens is 1. The highest BCUT2D eigenvalue weighted by molar-refractivity contribution is 8.15. The molecule has 0 saturated heterocycles. The summed E-state index contributed by atoms with van der Waals surface area (Å²) in [5, 5.41) is 9.15. The van der Waals surface area contributed by atoms with Gasteiger partial charge in [-0.1, -0.05) is 42.1 Å². The van der Waals surface area contributed by atoms with Gasteiger partial charge in [0.05, 0.1) is 18.9 Å². The number of hydrazone groups is 1. The molecule has 36 heavy (non-hydrogen) atoms. The summed E-state index contributed by atoms with van der Waals surface area (Å²) in [6, 6.07) is 23.0. The fourth-order valence-electron chi connectivity index (χ4n) is 4.10. The van der Waals surface area contributed by atoms with Crippen LogP contribution in [0.4, 0.5) is 10.1 Å². The van der Waals surface area contributed by atoms with E-state index in [2.05, 4.69) is 10.3 Å². The van der Waals surface area contributed by atoms with E-state index in [0.717, 1.165) is 22.6 Å². The van der Waals surface area contributed by atoms with E-state index in [1.807, 2.05) is 54.6 Å². The molecule has 9 heteroatoms. The van der Waals surface area contributed by atoms with E-state index in [0.29, 0.717) is 17.3 Å². The number of methoxy groups -OCH3 is 1. The number of hydrogen-bond donors (Lipinski definition) is 1. The fourth-order valence-corrected chi connectivity index (χ4v) is 5.16. The molecule has 2 heterocycles. The Balaban J connectivity index is 1.33. The van der Waals surface area contributed by atoms with E-state index < -0.39 is 5.25 Å². The van der Waals surface area contributed by atoms with Crippen molar-refractivity contribution >= 4 is 40.1 Å². The van der Waals surface area contributed by atoms with Crippen molar-refractivity contribution in [1.82, 2.24) is 5.01 Å². The van der Waals surface area contributed by atoms with Crippen molar-refractivity contribution in [2.24, 2.45) is 10.1 Å². The van der Waals surface area contributed by atoms with Crippen LogP contribution in [-0.2, 0) is 9.59 Å². The molecule has 0 spiro atoms. The van der Waals surface area contributed by atoms with Gasteiger partial charge in [-0.15, -0.1) is 0 Å². The second kappa shape index (κ2) is 10.3. The van der Waals surface area contributed by atoms with E-state index in [1.54, 1.807) is 12.1 Å². The largest absolute Gasteiger partial charge is 0.497 e. The van der Waals surface area contributed by atoms with Crippen LogP contribution >= 0.6 is 11.8 Å². The summed E-state index contributed by atoms with van der Waals surface area (Å²) in [5.74, 6) is -0.339. The third-order valence-corrected chi connectivity index (χ3v) is 7.08. The summed E-state index contributed by atoms with van der Waals surface area (Å²) in [4.78, 5) is 29.5. The first kappa shape index (κ1) is 23.7. The molecular formula is C27H23FN4O3S. The van der Waals surface area contributed by atoms with Crippen molar-refractivity contribution in [3.63, 3.8) is 0 Å². The van der Waals surface area contributed by atoms with Crippen LogP contribution in [0.2, 0.25) is 0 Å². The van der Waals surface area contributed by atoms with Crippen molar-refractivity contribution in [3.8, 4) is 5.75 Å². The molecule has 3 aromatic carbocycles. The van der Waals surface area contributed by atoms with Gasteiger partial charge < -0.3 is 10.1 Å².